The molecule has 0 spiro atoms. The molecule has 4 aliphatic carbocycles. The van der Waals surface area contributed by atoms with Gasteiger partial charge in [0.1, 0.15) is 0 Å². The van der Waals surface area contributed by atoms with Crippen LogP contribution in [0.25, 0.3) is 34.4 Å². The van der Waals surface area contributed by atoms with Crippen molar-refractivity contribution in [1.29, 1.82) is 0 Å². The molecule has 3 fully saturated rings. The third-order valence-electron chi connectivity index (χ3n) is 12.0. The second-order valence-electron chi connectivity index (χ2n) is 14.2. The van der Waals surface area contributed by atoms with Crippen molar-refractivity contribution in [1.82, 2.24) is 0 Å². The number of halogens is 2. The fourth-order valence-corrected chi connectivity index (χ4v) is 38.2. The molecule has 2 saturated carbocycles. The predicted octanol–water partition coefficient (Wildman–Crippen LogP) is 5.99. The van der Waals surface area contributed by atoms with Gasteiger partial charge < -0.3 is 24.8 Å². The van der Waals surface area contributed by atoms with Crippen molar-refractivity contribution in [2.24, 2.45) is 11.8 Å². The average Bonchev–Trinajstić information content (AvgIpc) is 3.59. The molecular formula is C42H42Cl2Hf. The smallest absolute Gasteiger partial charge is 1.00 e. The van der Waals surface area contributed by atoms with Crippen LogP contribution >= 0.6 is 0 Å². The van der Waals surface area contributed by atoms with Crippen LogP contribution in [0.3, 0.4) is 0 Å². The van der Waals surface area contributed by atoms with Crippen molar-refractivity contribution in [3.05, 3.63) is 130 Å². The molecule has 4 aromatic rings. The van der Waals surface area contributed by atoms with Gasteiger partial charge in [-0.15, -0.1) is 0 Å². The molecule has 2 atom stereocenters. The van der Waals surface area contributed by atoms with Gasteiger partial charge in [-0.2, -0.15) is 0 Å². The molecule has 228 valence electrons. The normalized spacial score (nSPS) is 22.3. The first-order chi connectivity index (χ1) is 21.3. The van der Waals surface area contributed by atoms with Crippen LogP contribution < -0.4 is 24.8 Å². The molecule has 0 amide bonds. The minimum Gasteiger partial charge on any atom is -1.00 e. The number of benzene rings is 4. The van der Waals surface area contributed by atoms with Crippen molar-refractivity contribution < 1.29 is 44.8 Å². The van der Waals surface area contributed by atoms with Crippen LogP contribution in [0.15, 0.2) is 108 Å². The molecule has 45 heavy (non-hydrogen) atoms. The Hall–Kier alpha value is -2.19. The second-order valence-corrected chi connectivity index (χ2v) is 30.8. The summed E-state index contributed by atoms with van der Waals surface area (Å²) in [6, 6.07) is 37.2. The first kappa shape index (κ1) is 31.4. The maximum atomic E-state index is 2.76. The molecule has 0 aromatic heterocycles. The third kappa shape index (κ3) is 5.21. The number of hydrogen-bond donors (Lipinski definition) is 0. The Morgan fingerprint density at radius 2 is 0.844 bits per heavy atom. The van der Waals surface area contributed by atoms with Gasteiger partial charge >= 0.3 is 264 Å². The van der Waals surface area contributed by atoms with Crippen LogP contribution in [0.4, 0.5) is 0 Å². The predicted molar refractivity (Wildman–Crippen MR) is 179 cm³/mol. The summed E-state index contributed by atoms with van der Waals surface area (Å²) in [5.74, 6) is 1.60. The van der Waals surface area contributed by atoms with E-state index in [1.54, 1.807) is 30.6 Å². The van der Waals surface area contributed by atoms with Crippen LogP contribution in [0.2, 0.25) is 8.35 Å². The minimum absolute atomic E-state index is 0. The van der Waals surface area contributed by atoms with Gasteiger partial charge in [-0.05, 0) is 0 Å². The fourth-order valence-electron chi connectivity index (χ4n) is 9.99. The van der Waals surface area contributed by atoms with Crippen LogP contribution in [0.1, 0.15) is 81.0 Å². The first-order valence-corrected chi connectivity index (χ1v) is 26.3. The van der Waals surface area contributed by atoms with E-state index in [2.05, 4.69) is 109 Å². The fraction of sp³-hybridized carbons (Fsp3) is 0.333. The molecule has 0 N–H and O–H groups in total. The van der Waals surface area contributed by atoms with Gasteiger partial charge in [0.05, 0.1) is 0 Å². The molecule has 1 aliphatic heterocycles. The van der Waals surface area contributed by atoms with Crippen LogP contribution in [-0.2, 0) is 20.0 Å². The Morgan fingerprint density at radius 1 is 0.444 bits per heavy atom. The van der Waals surface area contributed by atoms with Crippen molar-refractivity contribution >= 4 is 12.2 Å². The number of fused-ring (bicyclic) bond motifs is 2. The Bertz CT molecular complexity index is 1610. The molecule has 1 saturated heterocycles. The quantitative estimate of drug-likeness (QED) is 0.211. The Morgan fingerprint density at radius 3 is 1.22 bits per heavy atom. The van der Waals surface area contributed by atoms with Gasteiger partial charge in [-0.1, -0.05) is 0 Å². The van der Waals surface area contributed by atoms with Crippen molar-refractivity contribution in [2.75, 3.05) is 0 Å². The zero-order valence-corrected chi connectivity index (χ0v) is 31.1. The summed E-state index contributed by atoms with van der Waals surface area (Å²) in [5, 5.41) is 0. The average molecular weight is 796 g/mol. The molecule has 4 aromatic carbocycles. The second kappa shape index (κ2) is 12.8. The summed E-state index contributed by atoms with van der Waals surface area (Å²) in [4.78, 5) is 0. The molecular weight excluding hydrogens is 754 g/mol. The first-order valence-electron chi connectivity index (χ1n) is 17.1. The summed E-state index contributed by atoms with van der Waals surface area (Å²) >= 11 is -2.95. The minimum atomic E-state index is -2.95. The zero-order chi connectivity index (χ0) is 28.4. The van der Waals surface area contributed by atoms with E-state index in [1.165, 1.54) is 73.6 Å². The SMILES string of the molecule is C1=C(C2CCCC2)[CH]([Hf+2]2([CH]3C(C4CCCC4)=Cc4c(-c5ccccc5)cccc43)[CH2][CH2]2)c2cccc(-c3ccccc3)c21.[Cl-].[Cl-]. The van der Waals surface area contributed by atoms with Gasteiger partial charge in [0.15, 0.2) is 0 Å². The van der Waals surface area contributed by atoms with Crippen molar-refractivity contribution in [2.45, 2.75) is 67.1 Å². The molecule has 9 rings (SSSR count). The van der Waals surface area contributed by atoms with Crippen LogP contribution in [-0.4, -0.2) is 0 Å². The maximum Gasteiger partial charge on any atom is -1.00 e. The Balaban J connectivity index is 0.00000163. The number of allylic oxidation sites excluding steroid dienone is 2. The van der Waals surface area contributed by atoms with E-state index in [4.69, 9.17) is 0 Å². The topological polar surface area (TPSA) is 0 Å². The van der Waals surface area contributed by atoms with Gasteiger partial charge in [0, 0.05) is 0 Å². The zero-order valence-electron chi connectivity index (χ0n) is 26.0. The van der Waals surface area contributed by atoms with E-state index in [0.717, 1.165) is 19.2 Å². The van der Waals surface area contributed by atoms with E-state index < -0.39 is 20.0 Å². The summed E-state index contributed by atoms with van der Waals surface area (Å²) < 4.78 is 4.66. The maximum absolute atomic E-state index is 2.95. The standard InChI is InChI=1S/2C20H19.C2H4.2ClH.Hf/c2*1-2-9-16(10-3-1)19-12-6-11-17-13-18(14-20(17)19)15-7-4-5-8-15;1-2;;;/h2*1-3,6,9-15H,4-5,7-8H2;1-2H2;2*1H;/q;;;;;+2/p-2. The largest absolute Gasteiger partial charge is 1.00 e. The number of hydrogen-bond acceptors (Lipinski definition) is 0. The van der Waals surface area contributed by atoms with Crippen LogP contribution in [0.5, 0.6) is 0 Å². The molecule has 5 aliphatic rings. The van der Waals surface area contributed by atoms with Crippen LogP contribution in [0, 0.1) is 11.8 Å². The molecule has 0 radical (unpaired) electrons. The number of rotatable bonds is 6. The van der Waals surface area contributed by atoms with E-state index in [1.807, 2.05) is 11.1 Å². The molecule has 3 heteroatoms. The van der Waals surface area contributed by atoms with Crippen molar-refractivity contribution in [3.63, 3.8) is 0 Å². The monoisotopic (exact) mass is 796 g/mol. The Labute approximate surface area is 286 Å². The summed E-state index contributed by atoms with van der Waals surface area (Å²) in [5.41, 5.74) is 16.1. The molecule has 1 heterocycles. The summed E-state index contributed by atoms with van der Waals surface area (Å²) in [6.45, 7) is 0. The summed E-state index contributed by atoms with van der Waals surface area (Å²) in [6.07, 6.45) is 16.8. The summed E-state index contributed by atoms with van der Waals surface area (Å²) in [7, 11) is 0. The third-order valence-corrected chi connectivity index (χ3v) is 30.8. The van der Waals surface area contributed by atoms with Gasteiger partial charge in [-0.3, -0.25) is 0 Å². The van der Waals surface area contributed by atoms with Gasteiger partial charge in [-0.25, -0.2) is 0 Å². The molecule has 0 nitrogen and oxygen atoms in total. The van der Waals surface area contributed by atoms with Gasteiger partial charge in [0.25, 0.3) is 0 Å². The van der Waals surface area contributed by atoms with E-state index >= 15 is 0 Å². The van der Waals surface area contributed by atoms with Crippen molar-refractivity contribution in [3.8, 4) is 22.3 Å². The Kier molecular flexibility index (Phi) is 8.92. The van der Waals surface area contributed by atoms with E-state index in [0.29, 0.717) is 0 Å². The molecule has 2 unspecified atom stereocenters. The van der Waals surface area contributed by atoms with E-state index in [9.17, 15) is 0 Å². The van der Waals surface area contributed by atoms with Gasteiger partial charge in [0.2, 0.25) is 0 Å². The van der Waals surface area contributed by atoms with E-state index in [-0.39, 0.29) is 24.8 Å². The molecule has 0 bridgehead atoms.